The molecular weight excluding hydrogens is 304 g/mol. The van der Waals surface area contributed by atoms with E-state index in [4.69, 9.17) is 16.7 Å². The van der Waals surface area contributed by atoms with Gasteiger partial charge in [-0.2, -0.15) is 0 Å². The van der Waals surface area contributed by atoms with E-state index in [1.807, 2.05) is 0 Å². The fraction of sp³-hybridized carbons (Fsp3) is 0.125. The van der Waals surface area contributed by atoms with Crippen molar-refractivity contribution in [1.29, 1.82) is 0 Å². The molecule has 0 radical (unpaired) electrons. The summed E-state index contributed by atoms with van der Waals surface area (Å²) < 4.78 is 0. The highest BCUT2D eigenvalue weighted by molar-refractivity contribution is 6.30. The average Bonchev–Trinajstić information content (AvgIpc) is 2.53. The predicted molar refractivity (Wildman–Crippen MR) is 85.3 cm³/mol. The van der Waals surface area contributed by atoms with Gasteiger partial charge in [0.15, 0.2) is 0 Å². The van der Waals surface area contributed by atoms with E-state index in [0.717, 1.165) is 0 Å². The number of carbonyl (C=O) groups is 2. The smallest absolute Gasteiger partial charge is 0.255 e. The zero-order valence-electron chi connectivity index (χ0n) is 11.7. The zero-order valence-corrected chi connectivity index (χ0v) is 12.4. The minimum Gasteiger partial charge on any atom is -0.395 e. The molecule has 3 N–H and O–H groups in total. The van der Waals surface area contributed by atoms with Crippen LogP contribution in [0.4, 0.5) is 5.69 Å². The second-order valence-corrected chi connectivity index (χ2v) is 4.92. The number of rotatable bonds is 5. The summed E-state index contributed by atoms with van der Waals surface area (Å²) in [4.78, 5) is 24.2. The van der Waals surface area contributed by atoms with Gasteiger partial charge in [0, 0.05) is 17.1 Å². The number of nitrogens with one attached hydrogen (secondary N) is 2. The summed E-state index contributed by atoms with van der Waals surface area (Å²) in [6, 6.07) is 13.1. The molecule has 0 bridgehead atoms. The van der Waals surface area contributed by atoms with Crippen LogP contribution in [0.5, 0.6) is 0 Å². The molecule has 2 aromatic carbocycles. The van der Waals surface area contributed by atoms with Crippen LogP contribution in [0.1, 0.15) is 20.7 Å². The fourth-order valence-electron chi connectivity index (χ4n) is 1.85. The van der Waals surface area contributed by atoms with E-state index >= 15 is 0 Å². The van der Waals surface area contributed by atoms with Crippen molar-refractivity contribution in [2.75, 3.05) is 18.5 Å². The molecule has 2 aromatic rings. The molecule has 22 heavy (non-hydrogen) atoms. The van der Waals surface area contributed by atoms with Crippen LogP contribution >= 0.6 is 11.6 Å². The van der Waals surface area contributed by atoms with Crippen LogP contribution in [0.2, 0.25) is 5.02 Å². The van der Waals surface area contributed by atoms with Crippen LogP contribution in [0.3, 0.4) is 0 Å². The number of aliphatic hydroxyl groups excluding tert-OH is 1. The number of benzene rings is 2. The highest BCUT2D eigenvalue weighted by Crippen LogP contribution is 2.17. The van der Waals surface area contributed by atoms with Crippen molar-refractivity contribution in [2.45, 2.75) is 0 Å². The largest absolute Gasteiger partial charge is 0.395 e. The molecule has 0 aliphatic rings. The monoisotopic (exact) mass is 318 g/mol. The van der Waals surface area contributed by atoms with Crippen molar-refractivity contribution in [2.24, 2.45) is 0 Å². The molecule has 0 aromatic heterocycles. The molecule has 0 fully saturated rings. The Kier molecular flexibility index (Phi) is 5.52. The summed E-state index contributed by atoms with van der Waals surface area (Å²) in [6.45, 7) is 0.00331. The van der Waals surface area contributed by atoms with E-state index in [0.29, 0.717) is 21.8 Å². The normalized spacial score (nSPS) is 10.1. The van der Waals surface area contributed by atoms with Gasteiger partial charge in [-0.3, -0.25) is 9.59 Å². The van der Waals surface area contributed by atoms with Crippen molar-refractivity contribution >= 4 is 29.1 Å². The third kappa shape index (κ3) is 4.07. The third-order valence-corrected chi connectivity index (χ3v) is 3.18. The van der Waals surface area contributed by atoms with E-state index in [-0.39, 0.29) is 25.0 Å². The number of para-hydroxylation sites is 1. The van der Waals surface area contributed by atoms with Crippen molar-refractivity contribution in [3.05, 3.63) is 64.7 Å². The minimum absolute atomic E-state index is 0.148. The Morgan fingerprint density at radius 3 is 2.36 bits per heavy atom. The van der Waals surface area contributed by atoms with Crippen molar-refractivity contribution < 1.29 is 14.7 Å². The van der Waals surface area contributed by atoms with E-state index in [1.165, 1.54) is 0 Å². The highest BCUT2D eigenvalue weighted by atomic mass is 35.5. The summed E-state index contributed by atoms with van der Waals surface area (Å²) in [7, 11) is 0. The summed E-state index contributed by atoms with van der Waals surface area (Å²) in [6.07, 6.45) is 0. The maximum Gasteiger partial charge on any atom is 0.255 e. The number of aliphatic hydroxyl groups is 1. The van der Waals surface area contributed by atoms with Crippen molar-refractivity contribution in [3.63, 3.8) is 0 Å². The first-order valence-corrected chi connectivity index (χ1v) is 7.04. The summed E-state index contributed by atoms with van der Waals surface area (Å²) in [5.41, 5.74) is 1.17. The summed E-state index contributed by atoms with van der Waals surface area (Å²) in [5.74, 6) is -0.694. The molecule has 114 valence electrons. The average molecular weight is 319 g/mol. The van der Waals surface area contributed by atoms with Crippen LogP contribution in [0.25, 0.3) is 0 Å². The lowest BCUT2D eigenvalue weighted by Gasteiger charge is -2.11. The van der Waals surface area contributed by atoms with E-state index < -0.39 is 0 Å². The van der Waals surface area contributed by atoms with Gasteiger partial charge in [0.1, 0.15) is 0 Å². The van der Waals surface area contributed by atoms with Gasteiger partial charge < -0.3 is 15.7 Å². The Morgan fingerprint density at radius 2 is 1.68 bits per heavy atom. The van der Waals surface area contributed by atoms with Gasteiger partial charge >= 0.3 is 0 Å². The number of halogens is 1. The van der Waals surface area contributed by atoms with Gasteiger partial charge in [-0.25, -0.2) is 0 Å². The minimum atomic E-state index is -0.360. The van der Waals surface area contributed by atoms with Gasteiger partial charge in [-0.1, -0.05) is 23.7 Å². The molecular formula is C16H15ClN2O3. The summed E-state index contributed by atoms with van der Waals surface area (Å²) in [5, 5.41) is 14.5. The van der Waals surface area contributed by atoms with Crippen LogP contribution < -0.4 is 10.6 Å². The second kappa shape index (κ2) is 7.59. The lowest BCUT2D eigenvalue weighted by atomic mass is 10.1. The van der Waals surface area contributed by atoms with Crippen LogP contribution in [0, 0.1) is 0 Å². The van der Waals surface area contributed by atoms with Crippen LogP contribution in [-0.4, -0.2) is 30.1 Å². The molecule has 0 aliphatic carbocycles. The zero-order chi connectivity index (χ0) is 15.9. The van der Waals surface area contributed by atoms with Gasteiger partial charge in [-0.05, 0) is 36.4 Å². The number of amides is 2. The number of hydrogen-bond donors (Lipinski definition) is 3. The van der Waals surface area contributed by atoms with Crippen LogP contribution in [0.15, 0.2) is 48.5 Å². The quantitative estimate of drug-likeness (QED) is 0.791. The Bertz CT molecular complexity index is 671. The molecule has 2 amide bonds. The molecule has 0 heterocycles. The molecule has 0 unspecified atom stereocenters. The highest BCUT2D eigenvalue weighted by Gasteiger charge is 2.13. The maximum atomic E-state index is 12.2. The van der Waals surface area contributed by atoms with Crippen LogP contribution in [-0.2, 0) is 0 Å². The molecule has 6 heteroatoms. The van der Waals surface area contributed by atoms with Gasteiger partial charge in [0.25, 0.3) is 11.8 Å². The molecule has 5 nitrogen and oxygen atoms in total. The lowest BCUT2D eigenvalue weighted by molar-refractivity contribution is 0.0945. The first-order chi connectivity index (χ1) is 10.6. The molecule has 0 saturated heterocycles. The van der Waals surface area contributed by atoms with Gasteiger partial charge in [0.05, 0.1) is 17.9 Å². The number of carbonyl (C=O) groups excluding carboxylic acids is 2. The molecule has 2 rings (SSSR count). The predicted octanol–water partition coefficient (Wildman–Crippen LogP) is 2.31. The van der Waals surface area contributed by atoms with E-state index in [2.05, 4.69) is 10.6 Å². The lowest BCUT2D eigenvalue weighted by Crippen LogP contribution is -2.27. The van der Waals surface area contributed by atoms with Crippen molar-refractivity contribution in [3.8, 4) is 0 Å². The Hall–Kier alpha value is -2.37. The maximum absolute atomic E-state index is 12.2. The molecule has 0 spiro atoms. The standard InChI is InChI=1S/C16H15ClN2O3/c17-12-7-5-11(6-8-12)15(21)19-14-4-2-1-3-13(14)16(22)18-9-10-20/h1-8,20H,9-10H2,(H,18,22)(H,19,21). The second-order valence-electron chi connectivity index (χ2n) is 4.49. The third-order valence-electron chi connectivity index (χ3n) is 2.92. The molecule has 0 saturated carbocycles. The SMILES string of the molecule is O=C(Nc1ccccc1C(=O)NCCO)c1ccc(Cl)cc1. The van der Waals surface area contributed by atoms with E-state index in [9.17, 15) is 9.59 Å². The van der Waals surface area contributed by atoms with Crippen molar-refractivity contribution in [1.82, 2.24) is 5.32 Å². The number of anilines is 1. The Balaban J connectivity index is 2.17. The summed E-state index contributed by atoms with van der Waals surface area (Å²) >= 11 is 5.79. The Labute approximate surface area is 132 Å². The molecule has 0 aliphatic heterocycles. The molecule has 0 atom stereocenters. The topological polar surface area (TPSA) is 78.4 Å². The first-order valence-electron chi connectivity index (χ1n) is 6.67. The fourth-order valence-corrected chi connectivity index (χ4v) is 1.98. The Morgan fingerprint density at radius 1 is 1.00 bits per heavy atom. The number of hydrogen-bond acceptors (Lipinski definition) is 3. The van der Waals surface area contributed by atoms with E-state index in [1.54, 1.807) is 48.5 Å². The van der Waals surface area contributed by atoms with Gasteiger partial charge in [0.2, 0.25) is 0 Å². The van der Waals surface area contributed by atoms with Gasteiger partial charge in [-0.15, -0.1) is 0 Å². The first kappa shape index (κ1) is 16.0.